The summed E-state index contributed by atoms with van der Waals surface area (Å²) in [7, 11) is 2.21. The van der Waals surface area contributed by atoms with E-state index in [-0.39, 0.29) is 0 Å². The van der Waals surface area contributed by atoms with E-state index in [1.807, 2.05) is 0 Å². The van der Waals surface area contributed by atoms with Gasteiger partial charge in [-0.15, -0.1) is 0 Å². The minimum Gasteiger partial charge on any atom is -0.393 e. The Labute approximate surface area is 106 Å². The highest BCUT2D eigenvalue weighted by Crippen LogP contribution is 2.37. The zero-order valence-electron chi connectivity index (χ0n) is 11.1. The van der Waals surface area contributed by atoms with E-state index in [2.05, 4.69) is 32.7 Å². The summed E-state index contributed by atoms with van der Waals surface area (Å²) in [5.41, 5.74) is 6.15. The van der Waals surface area contributed by atoms with Crippen LogP contribution in [0.2, 0.25) is 0 Å². The van der Waals surface area contributed by atoms with Gasteiger partial charge in [-0.3, -0.25) is 0 Å². The number of nitrogens with two attached hydrogens (primary N) is 1. The monoisotopic (exact) mass is 242 g/mol. The van der Waals surface area contributed by atoms with Gasteiger partial charge in [-0.1, -0.05) is 26.1 Å². The van der Waals surface area contributed by atoms with Crippen molar-refractivity contribution in [1.29, 1.82) is 0 Å². The van der Waals surface area contributed by atoms with Gasteiger partial charge in [-0.2, -0.15) is 0 Å². The van der Waals surface area contributed by atoms with Crippen LogP contribution in [0.5, 0.6) is 0 Å². The molecule has 1 rings (SSSR count). The summed E-state index contributed by atoms with van der Waals surface area (Å²) in [5, 5.41) is 0. The zero-order valence-corrected chi connectivity index (χ0v) is 11.9. The number of nitrogens with zero attached hydrogens (tertiary/aromatic N) is 1. The molecule has 2 N–H and O–H groups in total. The molecule has 0 aromatic rings. The van der Waals surface area contributed by atoms with Crippen molar-refractivity contribution in [2.75, 3.05) is 7.05 Å². The summed E-state index contributed by atoms with van der Waals surface area (Å²) in [4.78, 5) is 3.10. The molecule has 1 atom stereocenters. The Morgan fingerprint density at radius 2 is 1.94 bits per heavy atom. The smallest absolute Gasteiger partial charge is 0.0742 e. The molecule has 16 heavy (non-hydrogen) atoms. The van der Waals surface area contributed by atoms with Gasteiger partial charge in [0.15, 0.2) is 0 Å². The SMILES string of the molecule is CC(CC(N)=S)N(C)C1CCC(C)(C)CC1. The van der Waals surface area contributed by atoms with Gasteiger partial charge >= 0.3 is 0 Å². The van der Waals surface area contributed by atoms with Gasteiger partial charge in [-0.25, -0.2) is 0 Å². The van der Waals surface area contributed by atoms with E-state index >= 15 is 0 Å². The fourth-order valence-electron chi connectivity index (χ4n) is 2.59. The fraction of sp³-hybridized carbons (Fsp3) is 0.923. The molecule has 0 saturated heterocycles. The van der Waals surface area contributed by atoms with Crippen LogP contribution in [0.1, 0.15) is 52.9 Å². The van der Waals surface area contributed by atoms with Gasteiger partial charge in [0.1, 0.15) is 0 Å². The van der Waals surface area contributed by atoms with E-state index in [1.54, 1.807) is 0 Å². The molecule has 0 spiro atoms. The van der Waals surface area contributed by atoms with Crippen LogP contribution in [0.15, 0.2) is 0 Å². The molecule has 1 saturated carbocycles. The molecule has 1 unspecified atom stereocenters. The third-order valence-electron chi connectivity index (χ3n) is 4.08. The second kappa shape index (κ2) is 5.46. The Morgan fingerprint density at radius 3 is 2.38 bits per heavy atom. The van der Waals surface area contributed by atoms with Crippen molar-refractivity contribution in [3.8, 4) is 0 Å². The molecule has 2 nitrogen and oxygen atoms in total. The summed E-state index contributed by atoms with van der Waals surface area (Å²) in [6.45, 7) is 6.97. The maximum Gasteiger partial charge on any atom is 0.0742 e. The largest absolute Gasteiger partial charge is 0.393 e. The normalized spacial score (nSPS) is 23.3. The summed E-state index contributed by atoms with van der Waals surface area (Å²) < 4.78 is 0. The lowest BCUT2D eigenvalue weighted by molar-refractivity contribution is 0.102. The average Bonchev–Trinajstić information content (AvgIpc) is 2.15. The van der Waals surface area contributed by atoms with E-state index in [0.717, 1.165) is 12.5 Å². The third kappa shape index (κ3) is 4.02. The molecular weight excluding hydrogens is 216 g/mol. The Kier molecular flexibility index (Phi) is 4.74. The van der Waals surface area contributed by atoms with Gasteiger partial charge in [0.25, 0.3) is 0 Å². The van der Waals surface area contributed by atoms with Crippen LogP contribution in [-0.4, -0.2) is 29.0 Å². The minimum atomic E-state index is 0.476. The molecule has 0 bridgehead atoms. The highest BCUT2D eigenvalue weighted by atomic mass is 32.1. The molecule has 3 heteroatoms. The molecule has 1 fully saturated rings. The summed E-state index contributed by atoms with van der Waals surface area (Å²) >= 11 is 4.98. The van der Waals surface area contributed by atoms with Crippen molar-refractivity contribution in [2.45, 2.75) is 65.0 Å². The van der Waals surface area contributed by atoms with Crippen LogP contribution in [0.3, 0.4) is 0 Å². The van der Waals surface area contributed by atoms with E-state index in [4.69, 9.17) is 18.0 Å². The van der Waals surface area contributed by atoms with Gasteiger partial charge < -0.3 is 10.6 Å². The maximum absolute atomic E-state index is 5.61. The van der Waals surface area contributed by atoms with Crippen molar-refractivity contribution < 1.29 is 0 Å². The van der Waals surface area contributed by atoms with Crippen LogP contribution in [0.25, 0.3) is 0 Å². The standard InChI is InChI=1S/C13H26N2S/c1-10(9-12(14)16)15(4)11-5-7-13(2,3)8-6-11/h10-11H,5-9H2,1-4H3,(H2,14,16). The Morgan fingerprint density at radius 1 is 1.44 bits per heavy atom. The second-order valence-electron chi connectivity index (χ2n) is 6.08. The summed E-state index contributed by atoms with van der Waals surface area (Å²) in [6, 6.07) is 1.20. The molecular formula is C13H26N2S. The van der Waals surface area contributed by atoms with Crippen LogP contribution in [-0.2, 0) is 0 Å². The first kappa shape index (κ1) is 13.9. The van der Waals surface area contributed by atoms with Crippen molar-refractivity contribution in [3.63, 3.8) is 0 Å². The first-order valence-electron chi connectivity index (χ1n) is 6.32. The van der Waals surface area contributed by atoms with Crippen LogP contribution in [0.4, 0.5) is 0 Å². The van der Waals surface area contributed by atoms with Gasteiger partial charge in [0, 0.05) is 18.5 Å². The molecule has 0 radical (unpaired) electrons. The molecule has 0 amide bonds. The van der Waals surface area contributed by atoms with E-state index in [1.165, 1.54) is 25.7 Å². The predicted octanol–water partition coefficient (Wildman–Crippen LogP) is 2.95. The lowest BCUT2D eigenvalue weighted by Gasteiger charge is -2.41. The van der Waals surface area contributed by atoms with Gasteiger partial charge in [0.05, 0.1) is 4.99 Å². The molecule has 0 aliphatic heterocycles. The first-order chi connectivity index (χ1) is 7.32. The Bertz CT molecular complexity index is 240. The molecule has 0 aromatic heterocycles. The van der Waals surface area contributed by atoms with E-state index < -0.39 is 0 Å². The lowest BCUT2D eigenvalue weighted by atomic mass is 9.75. The van der Waals surface area contributed by atoms with Crippen molar-refractivity contribution in [2.24, 2.45) is 11.1 Å². The van der Waals surface area contributed by atoms with Crippen LogP contribution in [0, 0.1) is 5.41 Å². The fourth-order valence-corrected chi connectivity index (χ4v) is 2.83. The minimum absolute atomic E-state index is 0.476. The molecule has 0 aromatic carbocycles. The van der Waals surface area contributed by atoms with Crippen molar-refractivity contribution in [3.05, 3.63) is 0 Å². The average molecular weight is 242 g/mol. The quantitative estimate of drug-likeness (QED) is 0.769. The number of hydrogen-bond acceptors (Lipinski definition) is 2. The van der Waals surface area contributed by atoms with Gasteiger partial charge in [0.2, 0.25) is 0 Å². The Hall–Kier alpha value is -0.150. The molecule has 1 aliphatic rings. The van der Waals surface area contributed by atoms with E-state index in [0.29, 0.717) is 16.4 Å². The van der Waals surface area contributed by atoms with Crippen LogP contribution < -0.4 is 5.73 Å². The summed E-state index contributed by atoms with van der Waals surface area (Å²) in [5.74, 6) is 0. The number of thiocarbonyl (C=S) groups is 1. The maximum atomic E-state index is 5.61. The van der Waals surface area contributed by atoms with Crippen molar-refractivity contribution in [1.82, 2.24) is 4.90 Å². The second-order valence-corrected chi connectivity index (χ2v) is 6.60. The number of rotatable bonds is 4. The first-order valence-corrected chi connectivity index (χ1v) is 6.73. The molecule has 94 valence electrons. The van der Waals surface area contributed by atoms with Gasteiger partial charge in [-0.05, 0) is 45.1 Å². The van der Waals surface area contributed by atoms with E-state index in [9.17, 15) is 0 Å². The highest BCUT2D eigenvalue weighted by Gasteiger charge is 2.30. The number of hydrogen-bond donors (Lipinski definition) is 1. The molecule has 1 aliphatic carbocycles. The van der Waals surface area contributed by atoms with Crippen molar-refractivity contribution >= 4 is 17.2 Å². The molecule has 0 heterocycles. The topological polar surface area (TPSA) is 29.3 Å². The predicted molar refractivity (Wildman–Crippen MR) is 74.7 cm³/mol. The third-order valence-corrected chi connectivity index (χ3v) is 4.24. The lowest BCUT2D eigenvalue weighted by Crippen LogP contribution is -2.43. The highest BCUT2D eigenvalue weighted by molar-refractivity contribution is 7.80. The summed E-state index contributed by atoms with van der Waals surface area (Å²) in [6.07, 6.45) is 6.13. The zero-order chi connectivity index (χ0) is 12.3. The Balaban J connectivity index is 2.43. The van der Waals surface area contributed by atoms with Crippen LogP contribution >= 0.6 is 12.2 Å².